The molecule has 0 aliphatic rings. The predicted octanol–water partition coefficient (Wildman–Crippen LogP) is 2.18. The third kappa shape index (κ3) is 6.56. The summed E-state index contributed by atoms with van der Waals surface area (Å²) in [6, 6.07) is 9.25. The molecular weight excluding hydrogens is 332 g/mol. The number of nitrogens with two attached hydrogens (primary N) is 1. The molecule has 2 rings (SSSR count). The molecular formula is C18H26N6O2. The number of methoxy groups -OCH3 is 1. The fourth-order valence-corrected chi connectivity index (χ4v) is 2.17. The molecule has 0 aliphatic carbocycles. The Morgan fingerprint density at radius 2 is 1.96 bits per heavy atom. The summed E-state index contributed by atoms with van der Waals surface area (Å²) in [6.45, 7) is 3.52. The standard InChI is InChI=1S/C18H26N6O2/c1-13-12-16(25-4)22-18(20-13)23-17(19)21-14-6-8-15(9-7-14)26-11-5-10-24(2)3/h6-9,12H,5,10-11H2,1-4H3,(H3,19,20,21,22,23). The highest BCUT2D eigenvalue weighted by Gasteiger charge is 2.03. The Labute approximate surface area is 154 Å². The van der Waals surface area contributed by atoms with Gasteiger partial charge in [-0.05, 0) is 51.7 Å². The minimum absolute atomic E-state index is 0.192. The number of ether oxygens (including phenoxy) is 2. The predicted molar refractivity (Wildman–Crippen MR) is 103 cm³/mol. The van der Waals surface area contributed by atoms with Crippen LogP contribution in [0.1, 0.15) is 12.1 Å². The molecule has 8 nitrogen and oxygen atoms in total. The van der Waals surface area contributed by atoms with Crippen molar-refractivity contribution in [2.75, 3.05) is 39.7 Å². The number of nitrogens with one attached hydrogen (secondary N) is 1. The molecule has 0 atom stereocenters. The van der Waals surface area contributed by atoms with Crippen LogP contribution in [0.5, 0.6) is 11.6 Å². The Balaban J connectivity index is 1.92. The molecule has 0 fully saturated rings. The maximum absolute atomic E-state index is 5.93. The first-order valence-corrected chi connectivity index (χ1v) is 8.34. The molecule has 0 saturated carbocycles. The third-order valence-electron chi connectivity index (χ3n) is 3.39. The minimum atomic E-state index is 0.192. The van der Waals surface area contributed by atoms with Gasteiger partial charge >= 0.3 is 0 Å². The highest BCUT2D eigenvalue weighted by Crippen LogP contribution is 2.17. The smallest absolute Gasteiger partial charge is 0.256 e. The summed E-state index contributed by atoms with van der Waals surface area (Å²) in [5.74, 6) is 1.70. The van der Waals surface area contributed by atoms with Gasteiger partial charge in [0.15, 0.2) is 0 Å². The molecule has 0 unspecified atom stereocenters. The third-order valence-corrected chi connectivity index (χ3v) is 3.39. The van der Waals surface area contributed by atoms with E-state index in [1.54, 1.807) is 13.2 Å². The average molecular weight is 358 g/mol. The summed E-state index contributed by atoms with van der Waals surface area (Å²) in [5.41, 5.74) is 7.47. The van der Waals surface area contributed by atoms with E-state index in [1.165, 1.54) is 0 Å². The highest BCUT2D eigenvalue weighted by atomic mass is 16.5. The number of anilines is 1. The number of aliphatic imine (C=N–C) groups is 1. The van der Waals surface area contributed by atoms with Gasteiger partial charge in [0.2, 0.25) is 11.8 Å². The lowest BCUT2D eigenvalue weighted by molar-refractivity contribution is 0.281. The van der Waals surface area contributed by atoms with Crippen molar-refractivity contribution < 1.29 is 9.47 Å². The first-order chi connectivity index (χ1) is 12.5. The number of aromatic nitrogens is 2. The second-order valence-electron chi connectivity index (χ2n) is 6.00. The highest BCUT2D eigenvalue weighted by molar-refractivity contribution is 5.93. The first kappa shape index (κ1) is 19.5. The van der Waals surface area contributed by atoms with Crippen LogP contribution in [0.25, 0.3) is 0 Å². The molecule has 0 bridgehead atoms. The zero-order valence-electron chi connectivity index (χ0n) is 15.7. The molecule has 0 saturated heterocycles. The summed E-state index contributed by atoms with van der Waals surface area (Å²) >= 11 is 0. The van der Waals surface area contributed by atoms with Crippen molar-refractivity contribution in [2.45, 2.75) is 13.3 Å². The largest absolute Gasteiger partial charge is 0.494 e. The fourth-order valence-electron chi connectivity index (χ4n) is 2.17. The van der Waals surface area contributed by atoms with Crippen molar-refractivity contribution >= 4 is 17.6 Å². The summed E-state index contributed by atoms with van der Waals surface area (Å²) in [7, 11) is 5.63. The SMILES string of the molecule is COc1cc(C)nc(/N=C(/N)Nc2ccc(OCCCN(C)C)cc2)n1. The van der Waals surface area contributed by atoms with Crippen molar-refractivity contribution in [3.05, 3.63) is 36.0 Å². The van der Waals surface area contributed by atoms with Gasteiger partial charge in [0.25, 0.3) is 5.95 Å². The summed E-state index contributed by atoms with van der Waals surface area (Å²) in [5, 5.41) is 3.00. The van der Waals surface area contributed by atoms with Crippen molar-refractivity contribution in [1.82, 2.24) is 14.9 Å². The first-order valence-electron chi connectivity index (χ1n) is 8.34. The Morgan fingerprint density at radius 3 is 2.62 bits per heavy atom. The van der Waals surface area contributed by atoms with Gasteiger partial charge < -0.3 is 25.4 Å². The van der Waals surface area contributed by atoms with E-state index >= 15 is 0 Å². The van der Waals surface area contributed by atoms with E-state index in [1.807, 2.05) is 45.3 Å². The normalized spacial score (nSPS) is 11.5. The molecule has 2 aromatic rings. The Kier molecular flexibility index (Phi) is 7.16. The van der Waals surface area contributed by atoms with Crippen LogP contribution in [0.2, 0.25) is 0 Å². The van der Waals surface area contributed by atoms with Crippen LogP contribution in [0, 0.1) is 6.92 Å². The van der Waals surface area contributed by atoms with Crippen molar-refractivity contribution in [3.63, 3.8) is 0 Å². The van der Waals surface area contributed by atoms with Crippen LogP contribution >= 0.6 is 0 Å². The van der Waals surface area contributed by atoms with Crippen molar-refractivity contribution in [2.24, 2.45) is 10.7 Å². The maximum atomic E-state index is 5.93. The molecule has 0 amide bonds. The van der Waals surface area contributed by atoms with Crippen LogP contribution in [0.4, 0.5) is 11.6 Å². The average Bonchev–Trinajstić information content (AvgIpc) is 2.59. The van der Waals surface area contributed by atoms with E-state index in [0.717, 1.165) is 30.1 Å². The molecule has 0 aliphatic heterocycles. The van der Waals surface area contributed by atoms with Crippen LogP contribution in [-0.4, -0.2) is 55.2 Å². The Hall–Kier alpha value is -2.87. The van der Waals surface area contributed by atoms with Gasteiger partial charge in [-0.3, -0.25) is 0 Å². The Morgan fingerprint density at radius 1 is 1.23 bits per heavy atom. The monoisotopic (exact) mass is 358 g/mol. The zero-order valence-corrected chi connectivity index (χ0v) is 15.7. The van der Waals surface area contributed by atoms with E-state index in [9.17, 15) is 0 Å². The Bertz CT molecular complexity index is 731. The fraction of sp³-hybridized carbons (Fsp3) is 0.389. The minimum Gasteiger partial charge on any atom is -0.494 e. The number of rotatable bonds is 8. The summed E-state index contributed by atoms with van der Waals surface area (Å²) in [4.78, 5) is 14.6. The van der Waals surface area contributed by atoms with E-state index < -0.39 is 0 Å². The molecule has 0 spiro atoms. The molecule has 140 valence electrons. The van der Waals surface area contributed by atoms with Crippen LogP contribution in [-0.2, 0) is 0 Å². The van der Waals surface area contributed by atoms with E-state index in [0.29, 0.717) is 12.5 Å². The number of benzene rings is 1. The summed E-state index contributed by atoms with van der Waals surface area (Å²) in [6.07, 6.45) is 0.979. The number of nitrogens with zero attached hydrogens (tertiary/aromatic N) is 4. The lowest BCUT2D eigenvalue weighted by atomic mass is 10.3. The molecule has 1 heterocycles. The molecule has 0 radical (unpaired) electrons. The van der Waals surface area contributed by atoms with Gasteiger partial charge in [-0.25, -0.2) is 4.98 Å². The van der Waals surface area contributed by atoms with E-state index in [4.69, 9.17) is 15.2 Å². The van der Waals surface area contributed by atoms with Gasteiger partial charge in [-0.2, -0.15) is 9.98 Å². The lowest BCUT2D eigenvalue weighted by Crippen LogP contribution is -2.22. The van der Waals surface area contributed by atoms with Gasteiger partial charge in [0.1, 0.15) is 5.75 Å². The van der Waals surface area contributed by atoms with Crippen LogP contribution in [0.3, 0.4) is 0 Å². The van der Waals surface area contributed by atoms with Gasteiger partial charge in [-0.15, -0.1) is 0 Å². The maximum Gasteiger partial charge on any atom is 0.256 e. The molecule has 3 N–H and O–H groups in total. The molecule has 1 aromatic heterocycles. The van der Waals surface area contributed by atoms with Crippen LogP contribution in [0.15, 0.2) is 35.3 Å². The number of aryl methyl sites for hydroxylation is 1. The van der Waals surface area contributed by atoms with Crippen LogP contribution < -0.4 is 20.5 Å². The molecule has 26 heavy (non-hydrogen) atoms. The zero-order chi connectivity index (χ0) is 18.9. The quantitative estimate of drug-likeness (QED) is 0.424. The van der Waals surface area contributed by atoms with Gasteiger partial charge in [0.05, 0.1) is 13.7 Å². The van der Waals surface area contributed by atoms with Crippen molar-refractivity contribution in [3.8, 4) is 11.6 Å². The van der Waals surface area contributed by atoms with Gasteiger partial charge in [-0.1, -0.05) is 0 Å². The number of hydrogen-bond donors (Lipinski definition) is 2. The second kappa shape index (κ2) is 9.57. The topological polar surface area (TPSA) is 97.9 Å². The number of hydrogen-bond acceptors (Lipinski definition) is 6. The second-order valence-corrected chi connectivity index (χ2v) is 6.00. The molecule has 8 heteroatoms. The van der Waals surface area contributed by atoms with E-state index in [2.05, 4.69) is 25.2 Å². The van der Waals surface area contributed by atoms with Crippen molar-refractivity contribution in [1.29, 1.82) is 0 Å². The summed E-state index contributed by atoms with van der Waals surface area (Å²) < 4.78 is 10.8. The number of guanidine groups is 1. The van der Waals surface area contributed by atoms with E-state index in [-0.39, 0.29) is 11.9 Å². The molecule has 1 aromatic carbocycles. The van der Waals surface area contributed by atoms with Gasteiger partial charge in [0, 0.05) is 24.0 Å². The lowest BCUT2D eigenvalue weighted by Gasteiger charge is -2.11.